The fourth-order valence-corrected chi connectivity index (χ4v) is 2.75. The minimum atomic E-state index is -0.827. The second-order valence-electron chi connectivity index (χ2n) is 5.34. The number of hydrogen-bond acceptors (Lipinski definition) is 2. The smallest absolute Gasteiger partial charge is 0.328 e. The summed E-state index contributed by atoms with van der Waals surface area (Å²) >= 11 is 0. The summed E-state index contributed by atoms with van der Waals surface area (Å²) in [7, 11) is 4.04. The lowest BCUT2D eigenvalue weighted by molar-refractivity contribution is -0.131. The van der Waals surface area contributed by atoms with Gasteiger partial charge in [-0.3, -0.25) is 0 Å². The van der Waals surface area contributed by atoms with Gasteiger partial charge in [0.1, 0.15) is 0 Å². The molecule has 1 N–H and O–H groups in total. The first-order chi connectivity index (χ1) is 9.08. The number of carboxylic acids is 1. The quantitative estimate of drug-likeness (QED) is 0.845. The lowest BCUT2D eigenvalue weighted by atomic mass is 9.79. The van der Waals surface area contributed by atoms with Gasteiger partial charge < -0.3 is 10.0 Å². The Morgan fingerprint density at radius 2 is 1.95 bits per heavy atom. The summed E-state index contributed by atoms with van der Waals surface area (Å²) < 4.78 is 0. The van der Waals surface area contributed by atoms with E-state index in [9.17, 15) is 4.79 Å². The molecular weight excluding hydrogens is 238 g/mol. The molecule has 0 bridgehead atoms. The molecule has 1 aromatic carbocycles. The minimum Gasteiger partial charge on any atom is -0.478 e. The van der Waals surface area contributed by atoms with Crippen molar-refractivity contribution in [3.05, 3.63) is 41.5 Å². The van der Waals surface area contributed by atoms with Gasteiger partial charge in [0.05, 0.1) is 0 Å². The zero-order chi connectivity index (χ0) is 13.8. The third-order valence-electron chi connectivity index (χ3n) is 3.78. The van der Waals surface area contributed by atoms with E-state index in [2.05, 4.69) is 29.2 Å². The van der Waals surface area contributed by atoms with Crippen molar-refractivity contribution in [2.45, 2.75) is 31.6 Å². The molecule has 3 nitrogen and oxygen atoms in total. The van der Waals surface area contributed by atoms with Crippen molar-refractivity contribution < 1.29 is 9.90 Å². The summed E-state index contributed by atoms with van der Waals surface area (Å²) in [5.41, 5.74) is 3.47. The molecule has 0 heterocycles. The Morgan fingerprint density at radius 1 is 1.26 bits per heavy atom. The van der Waals surface area contributed by atoms with E-state index in [1.54, 1.807) is 0 Å². The molecule has 0 radical (unpaired) electrons. The van der Waals surface area contributed by atoms with Gasteiger partial charge >= 0.3 is 5.97 Å². The standard InChI is InChI=1S/C16H21NO2/c1-17(2)14-9-7-12(8-10-14)15-6-4-3-5-13(15)11-16(18)19/h7-11,15H,3-6H2,1-2H3,(H,18,19)/b13-11+. The van der Waals surface area contributed by atoms with E-state index >= 15 is 0 Å². The maximum absolute atomic E-state index is 10.9. The Hall–Kier alpha value is -1.77. The minimum absolute atomic E-state index is 0.279. The van der Waals surface area contributed by atoms with Crippen LogP contribution in [0.15, 0.2) is 35.9 Å². The topological polar surface area (TPSA) is 40.5 Å². The number of nitrogens with zero attached hydrogens (tertiary/aromatic N) is 1. The highest BCUT2D eigenvalue weighted by molar-refractivity contribution is 5.81. The lowest BCUT2D eigenvalue weighted by Gasteiger charge is -2.26. The second-order valence-corrected chi connectivity index (χ2v) is 5.34. The first-order valence-corrected chi connectivity index (χ1v) is 6.78. The number of hydrogen-bond donors (Lipinski definition) is 1. The highest BCUT2D eigenvalue weighted by atomic mass is 16.4. The molecular formula is C16H21NO2. The van der Waals surface area contributed by atoms with Gasteiger partial charge in [-0.1, -0.05) is 24.1 Å². The van der Waals surface area contributed by atoms with Gasteiger partial charge in [0.2, 0.25) is 0 Å². The van der Waals surface area contributed by atoms with Crippen LogP contribution < -0.4 is 4.90 Å². The fourth-order valence-electron chi connectivity index (χ4n) is 2.75. The van der Waals surface area contributed by atoms with Crippen LogP contribution in [0, 0.1) is 0 Å². The zero-order valence-corrected chi connectivity index (χ0v) is 11.6. The van der Waals surface area contributed by atoms with Crippen molar-refractivity contribution in [3.8, 4) is 0 Å². The van der Waals surface area contributed by atoms with E-state index in [-0.39, 0.29) is 5.92 Å². The van der Waals surface area contributed by atoms with Gasteiger partial charge in [-0.25, -0.2) is 4.79 Å². The average Bonchev–Trinajstić information content (AvgIpc) is 2.39. The van der Waals surface area contributed by atoms with Crippen LogP contribution in [0.3, 0.4) is 0 Å². The van der Waals surface area contributed by atoms with Gasteiger partial charge in [0, 0.05) is 31.8 Å². The molecule has 3 heteroatoms. The average molecular weight is 259 g/mol. The van der Waals surface area contributed by atoms with Crippen LogP contribution in [0.2, 0.25) is 0 Å². The molecule has 2 rings (SSSR count). The molecule has 1 unspecified atom stereocenters. The Morgan fingerprint density at radius 3 is 2.53 bits per heavy atom. The third kappa shape index (κ3) is 3.37. The number of carboxylic acid groups (broad SMARTS) is 1. The molecule has 0 spiro atoms. The fraction of sp³-hybridized carbons (Fsp3) is 0.438. The first kappa shape index (κ1) is 13.7. The van der Waals surface area contributed by atoms with Crippen molar-refractivity contribution in [1.29, 1.82) is 0 Å². The highest BCUT2D eigenvalue weighted by Gasteiger charge is 2.21. The van der Waals surface area contributed by atoms with E-state index in [0.29, 0.717) is 0 Å². The Labute approximate surface area is 114 Å². The highest BCUT2D eigenvalue weighted by Crippen LogP contribution is 2.37. The molecule has 0 aliphatic heterocycles. The number of aliphatic carboxylic acids is 1. The molecule has 0 amide bonds. The Balaban J connectivity index is 2.25. The van der Waals surface area contributed by atoms with Crippen LogP contribution in [-0.2, 0) is 4.79 Å². The molecule has 0 saturated heterocycles. The Kier molecular flexibility index (Phi) is 4.25. The first-order valence-electron chi connectivity index (χ1n) is 6.78. The SMILES string of the molecule is CN(C)c1ccc(C2CCCC/C2=C\C(=O)O)cc1. The van der Waals surface area contributed by atoms with E-state index in [4.69, 9.17) is 5.11 Å². The summed E-state index contributed by atoms with van der Waals surface area (Å²) in [6.07, 6.45) is 5.65. The van der Waals surface area contributed by atoms with E-state index < -0.39 is 5.97 Å². The summed E-state index contributed by atoms with van der Waals surface area (Å²) in [6.45, 7) is 0. The largest absolute Gasteiger partial charge is 0.478 e. The molecule has 19 heavy (non-hydrogen) atoms. The van der Waals surface area contributed by atoms with Crippen molar-refractivity contribution in [3.63, 3.8) is 0 Å². The third-order valence-corrected chi connectivity index (χ3v) is 3.78. The predicted octanol–water partition coefficient (Wildman–Crippen LogP) is 3.42. The molecule has 1 saturated carbocycles. The van der Waals surface area contributed by atoms with Crippen LogP contribution in [0.4, 0.5) is 5.69 Å². The van der Waals surface area contributed by atoms with Crippen LogP contribution in [0.1, 0.15) is 37.2 Å². The summed E-state index contributed by atoms with van der Waals surface area (Å²) in [4.78, 5) is 13.0. The van der Waals surface area contributed by atoms with Crippen LogP contribution in [-0.4, -0.2) is 25.2 Å². The number of rotatable bonds is 3. The summed E-state index contributed by atoms with van der Waals surface area (Å²) in [5.74, 6) is -0.548. The molecule has 0 aromatic heterocycles. The number of benzene rings is 1. The summed E-state index contributed by atoms with van der Waals surface area (Å²) in [5, 5.41) is 8.96. The van der Waals surface area contributed by atoms with Crippen molar-refractivity contribution >= 4 is 11.7 Å². The normalized spacial score (nSPS) is 21.4. The molecule has 1 fully saturated rings. The number of anilines is 1. The van der Waals surface area contributed by atoms with Crippen molar-refractivity contribution in [1.82, 2.24) is 0 Å². The van der Waals surface area contributed by atoms with Crippen LogP contribution >= 0.6 is 0 Å². The van der Waals surface area contributed by atoms with Gasteiger partial charge in [0.15, 0.2) is 0 Å². The van der Waals surface area contributed by atoms with Crippen molar-refractivity contribution in [2.24, 2.45) is 0 Å². The van der Waals surface area contributed by atoms with Crippen LogP contribution in [0.5, 0.6) is 0 Å². The monoisotopic (exact) mass is 259 g/mol. The molecule has 1 aliphatic rings. The van der Waals surface area contributed by atoms with E-state index in [0.717, 1.165) is 24.8 Å². The Bertz CT molecular complexity index is 474. The van der Waals surface area contributed by atoms with Gasteiger partial charge in [0.25, 0.3) is 0 Å². The second kappa shape index (κ2) is 5.91. The molecule has 1 atom stereocenters. The van der Waals surface area contributed by atoms with E-state index in [1.807, 2.05) is 14.1 Å². The van der Waals surface area contributed by atoms with Gasteiger partial charge in [-0.05, 0) is 37.0 Å². The molecule has 1 aromatic rings. The molecule has 102 valence electrons. The zero-order valence-electron chi connectivity index (χ0n) is 11.6. The summed E-state index contributed by atoms with van der Waals surface area (Å²) in [6, 6.07) is 8.45. The lowest BCUT2D eigenvalue weighted by Crippen LogP contribution is -2.11. The predicted molar refractivity (Wildman–Crippen MR) is 77.7 cm³/mol. The van der Waals surface area contributed by atoms with Crippen LogP contribution in [0.25, 0.3) is 0 Å². The van der Waals surface area contributed by atoms with Gasteiger partial charge in [-0.15, -0.1) is 0 Å². The van der Waals surface area contributed by atoms with Crippen molar-refractivity contribution in [2.75, 3.05) is 19.0 Å². The number of allylic oxidation sites excluding steroid dienone is 1. The number of carbonyl (C=O) groups is 1. The maximum atomic E-state index is 10.9. The van der Waals surface area contributed by atoms with Gasteiger partial charge in [-0.2, -0.15) is 0 Å². The van der Waals surface area contributed by atoms with E-state index in [1.165, 1.54) is 23.7 Å². The maximum Gasteiger partial charge on any atom is 0.328 e. The molecule has 1 aliphatic carbocycles.